The Balaban J connectivity index is 2.40. The van der Waals surface area contributed by atoms with Crippen LogP contribution in [0.4, 0.5) is 0 Å². The monoisotopic (exact) mass is 272 g/mol. The van der Waals surface area contributed by atoms with Crippen molar-refractivity contribution in [2.45, 2.75) is 13.2 Å². The minimum absolute atomic E-state index is 0.179. The van der Waals surface area contributed by atoms with Crippen molar-refractivity contribution in [3.05, 3.63) is 48.2 Å². The van der Waals surface area contributed by atoms with Gasteiger partial charge in [0, 0.05) is 11.9 Å². The van der Waals surface area contributed by atoms with E-state index >= 15 is 0 Å². The first-order valence-electron chi connectivity index (χ1n) is 6.15. The molecule has 1 amide bonds. The zero-order chi connectivity index (χ0) is 14.5. The number of rotatable bonds is 5. The summed E-state index contributed by atoms with van der Waals surface area (Å²) in [5, 5.41) is 13.0. The smallest absolute Gasteiger partial charge is 0.243 e. The molecule has 2 rings (SSSR count). The molecule has 1 aromatic heterocycles. The van der Waals surface area contributed by atoms with Crippen LogP contribution in [0.25, 0.3) is 10.9 Å². The Hall–Kier alpha value is -2.40. The molecular weight excluding hydrogens is 256 g/mol. The maximum atomic E-state index is 11.2. The molecule has 0 aliphatic heterocycles. The predicted octanol–water partition coefficient (Wildman–Crippen LogP) is 1.54. The van der Waals surface area contributed by atoms with E-state index in [0.29, 0.717) is 12.2 Å². The van der Waals surface area contributed by atoms with Crippen molar-refractivity contribution in [2.75, 3.05) is 7.11 Å². The van der Waals surface area contributed by atoms with Crippen LogP contribution in [0.5, 0.6) is 5.75 Å². The van der Waals surface area contributed by atoms with Gasteiger partial charge in [-0.3, -0.25) is 9.78 Å². The van der Waals surface area contributed by atoms with E-state index < -0.39 is 0 Å². The summed E-state index contributed by atoms with van der Waals surface area (Å²) in [7, 11) is 1.60. The number of nitrogens with one attached hydrogen (secondary N) is 1. The summed E-state index contributed by atoms with van der Waals surface area (Å²) >= 11 is 0. The lowest BCUT2D eigenvalue weighted by Gasteiger charge is -2.10. The lowest BCUT2D eigenvalue weighted by atomic mass is 10.1. The zero-order valence-corrected chi connectivity index (χ0v) is 11.2. The third kappa shape index (κ3) is 2.95. The maximum absolute atomic E-state index is 11.2. The Bertz CT molecular complexity index is 653. The van der Waals surface area contributed by atoms with E-state index in [0.717, 1.165) is 22.2 Å². The minimum Gasteiger partial charge on any atom is -0.497 e. The lowest BCUT2D eigenvalue weighted by molar-refractivity contribution is -0.116. The minimum atomic E-state index is -0.264. The second-order valence-corrected chi connectivity index (χ2v) is 4.23. The average molecular weight is 272 g/mol. The molecule has 5 nitrogen and oxygen atoms in total. The number of benzene rings is 1. The summed E-state index contributed by atoms with van der Waals surface area (Å²) < 4.78 is 5.17. The molecular formula is C15H16N2O3. The van der Waals surface area contributed by atoms with E-state index in [1.807, 2.05) is 24.3 Å². The fraction of sp³-hybridized carbons (Fsp3) is 0.200. The van der Waals surface area contributed by atoms with Crippen molar-refractivity contribution in [1.82, 2.24) is 10.3 Å². The van der Waals surface area contributed by atoms with E-state index in [4.69, 9.17) is 4.74 Å². The lowest BCUT2D eigenvalue weighted by Crippen LogP contribution is -2.21. The van der Waals surface area contributed by atoms with E-state index in [9.17, 15) is 9.90 Å². The van der Waals surface area contributed by atoms with Crippen molar-refractivity contribution < 1.29 is 14.6 Å². The van der Waals surface area contributed by atoms with Crippen molar-refractivity contribution in [3.63, 3.8) is 0 Å². The van der Waals surface area contributed by atoms with E-state index in [2.05, 4.69) is 16.9 Å². The fourth-order valence-electron chi connectivity index (χ4n) is 1.91. The molecule has 0 atom stereocenters. The summed E-state index contributed by atoms with van der Waals surface area (Å²) in [5.41, 5.74) is 2.09. The van der Waals surface area contributed by atoms with Gasteiger partial charge in [0.05, 0.1) is 24.9 Å². The summed E-state index contributed by atoms with van der Waals surface area (Å²) in [6.45, 7) is 3.51. The van der Waals surface area contributed by atoms with Crippen molar-refractivity contribution in [2.24, 2.45) is 0 Å². The first-order chi connectivity index (χ1) is 9.67. The summed E-state index contributed by atoms with van der Waals surface area (Å²) in [6, 6.07) is 7.40. The molecule has 0 radical (unpaired) electrons. The van der Waals surface area contributed by atoms with Crippen molar-refractivity contribution >= 4 is 16.8 Å². The van der Waals surface area contributed by atoms with Gasteiger partial charge in [-0.25, -0.2) is 0 Å². The number of aliphatic hydroxyl groups excluding tert-OH is 1. The third-order valence-electron chi connectivity index (χ3n) is 2.98. The number of hydrogen-bond donors (Lipinski definition) is 2. The van der Waals surface area contributed by atoms with Gasteiger partial charge >= 0.3 is 0 Å². The topological polar surface area (TPSA) is 71.5 Å². The van der Waals surface area contributed by atoms with Crippen LogP contribution in [-0.4, -0.2) is 23.1 Å². The van der Waals surface area contributed by atoms with Crippen molar-refractivity contribution in [1.29, 1.82) is 0 Å². The molecule has 20 heavy (non-hydrogen) atoms. The van der Waals surface area contributed by atoms with Crippen LogP contribution in [0.15, 0.2) is 36.9 Å². The Labute approximate surface area is 116 Å². The molecule has 0 spiro atoms. The Kier molecular flexibility index (Phi) is 4.32. The number of hydrogen-bond acceptors (Lipinski definition) is 4. The first-order valence-corrected chi connectivity index (χ1v) is 6.15. The van der Waals surface area contributed by atoms with Gasteiger partial charge in [0.1, 0.15) is 5.75 Å². The second-order valence-electron chi connectivity index (χ2n) is 4.23. The number of carbonyl (C=O) groups is 1. The molecule has 2 aromatic rings. The second kappa shape index (κ2) is 6.16. The van der Waals surface area contributed by atoms with Crippen LogP contribution in [0.2, 0.25) is 0 Å². The van der Waals surface area contributed by atoms with Gasteiger partial charge in [-0.05, 0) is 35.9 Å². The Morgan fingerprint density at radius 2 is 2.30 bits per heavy atom. The quantitative estimate of drug-likeness (QED) is 0.810. The molecule has 2 N–H and O–H groups in total. The highest BCUT2D eigenvalue weighted by atomic mass is 16.5. The highest BCUT2D eigenvalue weighted by molar-refractivity contribution is 5.87. The molecule has 0 saturated carbocycles. The fourth-order valence-corrected chi connectivity index (χ4v) is 1.91. The van der Waals surface area contributed by atoms with Crippen LogP contribution in [0, 0.1) is 0 Å². The largest absolute Gasteiger partial charge is 0.497 e. The molecule has 1 aromatic carbocycles. The number of nitrogens with zero attached hydrogens (tertiary/aromatic N) is 1. The van der Waals surface area contributed by atoms with Gasteiger partial charge < -0.3 is 15.2 Å². The van der Waals surface area contributed by atoms with Crippen LogP contribution in [0.1, 0.15) is 11.3 Å². The van der Waals surface area contributed by atoms with E-state index in [1.54, 1.807) is 7.11 Å². The van der Waals surface area contributed by atoms with Crippen LogP contribution in [0.3, 0.4) is 0 Å². The van der Waals surface area contributed by atoms with Gasteiger partial charge in [-0.15, -0.1) is 0 Å². The molecule has 104 valence electrons. The highest BCUT2D eigenvalue weighted by Gasteiger charge is 2.08. The predicted molar refractivity (Wildman–Crippen MR) is 76.3 cm³/mol. The van der Waals surface area contributed by atoms with Gasteiger partial charge in [0.15, 0.2) is 0 Å². The molecule has 0 aliphatic rings. The number of amides is 1. The number of ether oxygens (including phenoxy) is 1. The van der Waals surface area contributed by atoms with Crippen molar-refractivity contribution in [3.8, 4) is 5.75 Å². The van der Waals surface area contributed by atoms with Gasteiger partial charge in [0.25, 0.3) is 0 Å². The standard InChI is InChI=1S/C15H16N2O3/c1-3-15(19)16-8-11-6-10-7-12(20-2)4-5-13(10)17-14(11)9-18/h3-7,18H,1,8-9H2,2H3,(H,16,19). The van der Waals surface area contributed by atoms with E-state index in [1.165, 1.54) is 6.08 Å². The zero-order valence-electron chi connectivity index (χ0n) is 11.2. The summed E-state index contributed by atoms with van der Waals surface area (Å²) in [4.78, 5) is 15.6. The normalized spacial score (nSPS) is 10.3. The number of pyridine rings is 1. The van der Waals surface area contributed by atoms with Gasteiger partial charge in [0.2, 0.25) is 5.91 Å². The molecule has 0 unspecified atom stereocenters. The van der Waals surface area contributed by atoms with E-state index in [-0.39, 0.29) is 12.5 Å². The number of aromatic nitrogens is 1. The number of aliphatic hydroxyl groups is 1. The number of methoxy groups -OCH3 is 1. The Morgan fingerprint density at radius 3 is 2.95 bits per heavy atom. The molecule has 0 fully saturated rings. The van der Waals surface area contributed by atoms with Crippen LogP contribution >= 0.6 is 0 Å². The number of fused-ring (bicyclic) bond motifs is 1. The average Bonchev–Trinajstić information content (AvgIpc) is 2.50. The van der Waals surface area contributed by atoms with Crippen LogP contribution in [-0.2, 0) is 17.9 Å². The maximum Gasteiger partial charge on any atom is 0.243 e. The molecule has 0 saturated heterocycles. The third-order valence-corrected chi connectivity index (χ3v) is 2.98. The molecule has 0 aliphatic carbocycles. The highest BCUT2D eigenvalue weighted by Crippen LogP contribution is 2.22. The summed E-state index contributed by atoms with van der Waals surface area (Å²) in [6.07, 6.45) is 1.20. The van der Waals surface area contributed by atoms with Gasteiger partial charge in [-0.2, -0.15) is 0 Å². The van der Waals surface area contributed by atoms with Gasteiger partial charge in [-0.1, -0.05) is 6.58 Å². The molecule has 5 heteroatoms. The first kappa shape index (κ1) is 14.0. The molecule has 1 heterocycles. The molecule has 0 bridgehead atoms. The SMILES string of the molecule is C=CC(=O)NCc1cc2cc(OC)ccc2nc1CO. The van der Waals surface area contributed by atoms with Crippen LogP contribution < -0.4 is 10.1 Å². The Morgan fingerprint density at radius 1 is 1.50 bits per heavy atom. The number of carbonyl (C=O) groups excluding carboxylic acids is 1. The summed E-state index contributed by atoms with van der Waals surface area (Å²) in [5.74, 6) is 0.469.